The summed E-state index contributed by atoms with van der Waals surface area (Å²) in [6.07, 6.45) is 0. The minimum Gasteiger partial charge on any atom is -0.495 e. The third-order valence-corrected chi connectivity index (χ3v) is 3.07. The van der Waals surface area contributed by atoms with Crippen LogP contribution in [-0.4, -0.2) is 25.5 Å². The predicted molar refractivity (Wildman–Crippen MR) is 90.8 cm³/mol. The summed E-state index contributed by atoms with van der Waals surface area (Å²) in [5.74, 6) is -0.476. The highest BCUT2D eigenvalue weighted by molar-refractivity contribution is 5.96. The highest BCUT2D eigenvalue weighted by atomic mass is 19.1. The Hall–Kier alpha value is -3.09. The van der Waals surface area contributed by atoms with Gasteiger partial charge in [0.15, 0.2) is 0 Å². The molecule has 2 amide bonds. The van der Waals surface area contributed by atoms with Gasteiger partial charge in [0.1, 0.15) is 11.6 Å². The molecule has 0 aliphatic heterocycles. The van der Waals surface area contributed by atoms with Gasteiger partial charge in [0.25, 0.3) is 0 Å². The fourth-order valence-electron chi connectivity index (χ4n) is 2.06. The number of ether oxygens (including phenoxy) is 1. The van der Waals surface area contributed by atoms with Crippen molar-refractivity contribution < 1.29 is 18.7 Å². The Morgan fingerprint density at radius 2 is 1.88 bits per heavy atom. The maximum absolute atomic E-state index is 13.1. The minimum absolute atomic E-state index is 0.0447. The molecule has 0 spiro atoms. The summed E-state index contributed by atoms with van der Waals surface area (Å²) in [6, 6.07) is 10.7. The van der Waals surface area contributed by atoms with E-state index in [4.69, 9.17) is 4.74 Å². The van der Waals surface area contributed by atoms with E-state index in [1.807, 2.05) is 0 Å². The van der Waals surface area contributed by atoms with Crippen LogP contribution in [0.25, 0.3) is 0 Å². The van der Waals surface area contributed by atoms with E-state index in [9.17, 15) is 14.0 Å². The van der Waals surface area contributed by atoms with Crippen molar-refractivity contribution in [3.05, 3.63) is 48.3 Å². The molecule has 0 atom stereocenters. The van der Waals surface area contributed by atoms with Crippen molar-refractivity contribution in [2.45, 2.75) is 6.92 Å². The Morgan fingerprint density at radius 1 is 1.08 bits per heavy atom. The third-order valence-electron chi connectivity index (χ3n) is 3.07. The summed E-state index contributed by atoms with van der Waals surface area (Å²) in [7, 11) is 1.48. The van der Waals surface area contributed by atoms with Crippen LogP contribution in [0.15, 0.2) is 42.5 Å². The monoisotopic (exact) mass is 331 g/mol. The normalized spacial score (nSPS) is 9.96. The lowest BCUT2D eigenvalue weighted by molar-refractivity contribution is -0.115. The Labute approximate surface area is 139 Å². The number of carbonyl (C=O) groups is 2. The average Bonchev–Trinajstić information content (AvgIpc) is 2.53. The van der Waals surface area contributed by atoms with Crippen LogP contribution in [0, 0.1) is 5.82 Å². The number of rotatable bonds is 6. The van der Waals surface area contributed by atoms with Crippen LogP contribution in [-0.2, 0) is 9.59 Å². The largest absolute Gasteiger partial charge is 0.495 e. The summed E-state index contributed by atoms with van der Waals surface area (Å²) in [5.41, 5.74) is 1.47. The van der Waals surface area contributed by atoms with Gasteiger partial charge in [0, 0.05) is 18.3 Å². The summed E-state index contributed by atoms with van der Waals surface area (Å²) >= 11 is 0. The molecule has 0 saturated carbocycles. The first-order chi connectivity index (χ1) is 11.5. The van der Waals surface area contributed by atoms with E-state index in [-0.39, 0.29) is 24.2 Å². The van der Waals surface area contributed by atoms with Crippen LogP contribution in [0.4, 0.5) is 21.5 Å². The smallest absolute Gasteiger partial charge is 0.243 e. The Balaban J connectivity index is 2.03. The number of amides is 2. The van der Waals surface area contributed by atoms with Crippen molar-refractivity contribution >= 4 is 28.9 Å². The number of hydrogen-bond donors (Lipinski definition) is 3. The average molecular weight is 331 g/mol. The standard InChI is InChI=1S/C17H18FN3O3/c1-11(22)20-14-6-7-16(24-2)15(9-14)21-17(23)10-19-13-5-3-4-12(18)8-13/h3-9,19H,10H2,1-2H3,(H,20,22)(H,21,23). The van der Waals surface area contributed by atoms with Crippen LogP contribution in [0.5, 0.6) is 5.75 Å². The van der Waals surface area contributed by atoms with Crippen LogP contribution in [0.2, 0.25) is 0 Å². The molecule has 0 radical (unpaired) electrons. The zero-order valence-electron chi connectivity index (χ0n) is 13.4. The van der Waals surface area contributed by atoms with Crippen molar-refractivity contribution in [2.24, 2.45) is 0 Å². The molecule has 3 N–H and O–H groups in total. The number of methoxy groups -OCH3 is 1. The molecule has 0 aromatic heterocycles. The fourth-order valence-corrected chi connectivity index (χ4v) is 2.06. The van der Waals surface area contributed by atoms with Gasteiger partial charge in [-0.15, -0.1) is 0 Å². The van der Waals surface area contributed by atoms with Crippen molar-refractivity contribution in [3.63, 3.8) is 0 Å². The van der Waals surface area contributed by atoms with Gasteiger partial charge < -0.3 is 20.7 Å². The maximum atomic E-state index is 13.1. The van der Waals surface area contributed by atoms with Crippen molar-refractivity contribution in [3.8, 4) is 5.75 Å². The molecule has 2 rings (SSSR count). The van der Waals surface area contributed by atoms with E-state index < -0.39 is 0 Å². The predicted octanol–water partition coefficient (Wildman–Crippen LogP) is 2.84. The van der Waals surface area contributed by atoms with Crippen molar-refractivity contribution in [1.29, 1.82) is 0 Å². The first-order valence-corrected chi connectivity index (χ1v) is 7.23. The number of hydrogen-bond acceptors (Lipinski definition) is 4. The molecule has 0 unspecified atom stereocenters. The molecule has 0 heterocycles. The molecule has 7 heteroatoms. The van der Waals surface area contributed by atoms with E-state index in [0.717, 1.165) is 0 Å². The number of benzene rings is 2. The van der Waals surface area contributed by atoms with Crippen molar-refractivity contribution in [1.82, 2.24) is 0 Å². The summed E-state index contributed by atoms with van der Waals surface area (Å²) in [4.78, 5) is 23.2. The van der Waals surface area contributed by atoms with E-state index in [0.29, 0.717) is 22.8 Å². The second kappa shape index (κ2) is 7.96. The molecule has 0 fully saturated rings. The van der Waals surface area contributed by atoms with Crippen LogP contribution in [0.1, 0.15) is 6.92 Å². The first-order valence-electron chi connectivity index (χ1n) is 7.23. The summed E-state index contributed by atoms with van der Waals surface area (Å²) in [6.45, 7) is 1.35. The Kier molecular flexibility index (Phi) is 5.73. The molecule has 2 aromatic rings. The fraction of sp³-hybridized carbons (Fsp3) is 0.176. The second-order valence-corrected chi connectivity index (χ2v) is 5.01. The Morgan fingerprint density at radius 3 is 2.54 bits per heavy atom. The lowest BCUT2D eigenvalue weighted by Crippen LogP contribution is -2.22. The number of nitrogens with one attached hydrogen (secondary N) is 3. The first kappa shape index (κ1) is 17.3. The lowest BCUT2D eigenvalue weighted by atomic mass is 10.2. The van der Waals surface area contributed by atoms with Gasteiger partial charge in [-0.3, -0.25) is 9.59 Å². The zero-order valence-corrected chi connectivity index (χ0v) is 13.4. The molecule has 2 aromatic carbocycles. The molecular formula is C17H18FN3O3. The van der Waals surface area contributed by atoms with Gasteiger partial charge in [-0.25, -0.2) is 4.39 Å². The topological polar surface area (TPSA) is 79.5 Å². The van der Waals surface area contributed by atoms with Gasteiger partial charge in [-0.2, -0.15) is 0 Å². The van der Waals surface area contributed by atoms with Gasteiger partial charge in [0.05, 0.1) is 19.3 Å². The van der Waals surface area contributed by atoms with E-state index >= 15 is 0 Å². The second-order valence-electron chi connectivity index (χ2n) is 5.01. The minimum atomic E-state index is -0.384. The van der Waals surface area contributed by atoms with E-state index in [1.165, 1.54) is 26.2 Å². The lowest BCUT2D eigenvalue weighted by Gasteiger charge is -2.13. The maximum Gasteiger partial charge on any atom is 0.243 e. The molecule has 126 valence electrons. The molecule has 24 heavy (non-hydrogen) atoms. The van der Waals surface area contributed by atoms with E-state index in [1.54, 1.807) is 30.3 Å². The quantitative estimate of drug-likeness (QED) is 0.760. The van der Waals surface area contributed by atoms with Crippen LogP contribution < -0.4 is 20.7 Å². The zero-order chi connectivity index (χ0) is 17.5. The Bertz CT molecular complexity index is 750. The number of halogens is 1. The van der Waals surface area contributed by atoms with E-state index in [2.05, 4.69) is 16.0 Å². The highest BCUT2D eigenvalue weighted by Gasteiger charge is 2.09. The molecular weight excluding hydrogens is 313 g/mol. The molecule has 0 aliphatic carbocycles. The van der Waals surface area contributed by atoms with Gasteiger partial charge in [-0.1, -0.05) is 6.07 Å². The van der Waals surface area contributed by atoms with Gasteiger partial charge in [-0.05, 0) is 36.4 Å². The SMILES string of the molecule is COc1ccc(NC(C)=O)cc1NC(=O)CNc1cccc(F)c1. The van der Waals surface area contributed by atoms with Gasteiger partial charge >= 0.3 is 0 Å². The molecule has 6 nitrogen and oxygen atoms in total. The molecule has 0 aliphatic rings. The number of anilines is 3. The van der Waals surface area contributed by atoms with Crippen LogP contribution >= 0.6 is 0 Å². The van der Waals surface area contributed by atoms with Gasteiger partial charge in [0.2, 0.25) is 11.8 Å². The summed E-state index contributed by atoms with van der Waals surface area (Å²) in [5, 5.41) is 8.15. The molecule has 0 bridgehead atoms. The summed E-state index contributed by atoms with van der Waals surface area (Å²) < 4.78 is 18.3. The third kappa shape index (κ3) is 4.98. The molecule has 0 saturated heterocycles. The highest BCUT2D eigenvalue weighted by Crippen LogP contribution is 2.27. The van der Waals surface area contributed by atoms with Crippen molar-refractivity contribution in [2.75, 3.05) is 29.6 Å². The van der Waals surface area contributed by atoms with Crippen LogP contribution in [0.3, 0.4) is 0 Å². The number of carbonyl (C=O) groups excluding carboxylic acids is 2.